The minimum absolute atomic E-state index is 0.159. The van der Waals surface area contributed by atoms with Crippen LogP contribution in [0, 0.1) is 0 Å². The van der Waals surface area contributed by atoms with Crippen LogP contribution in [-0.2, 0) is 17.4 Å². The summed E-state index contributed by atoms with van der Waals surface area (Å²) < 4.78 is 38.3. The molecule has 25 heavy (non-hydrogen) atoms. The highest BCUT2D eigenvalue weighted by Gasteiger charge is 2.33. The van der Waals surface area contributed by atoms with Gasteiger partial charge in [-0.15, -0.1) is 0 Å². The predicted molar refractivity (Wildman–Crippen MR) is 92.7 cm³/mol. The molecule has 3 nitrogen and oxygen atoms in total. The summed E-state index contributed by atoms with van der Waals surface area (Å²) in [6.45, 7) is 0.748. The maximum absolute atomic E-state index is 12.8. The first-order valence-corrected chi connectivity index (χ1v) is 8.15. The number of carbonyl (C=O) groups excluding carboxylic acids is 1. The topological polar surface area (TPSA) is 41.1 Å². The number of alkyl halides is 3. The number of hydrogen-bond acceptors (Lipinski definition) is 2. The molecule has 2 N–H and O–H groups in total. The van der Waals surface area contributed by atoms with Gasteiger partial charge < -0.3 is 10.6 Å². The number of halogens is 4. The Hall–Kier alpha value is -2.21. The molecule has 0 atom stereocenters. The highest BCUT2D eigenvalue weighted by Crippen LogP contribution is 2.36. The van der Waals surface area contributed by atoms with Crippen LogP contribution in [0.4, 0.5) is 18.9 Å². The summed E-state index contributed by atoms with van der Waals surface area (Å²) in [6, 6.07) is 13.3. The Balaban J connectivity index is 1.74. The first kappa shape index (κ1) is 19.1. The molecule has 2 aromatic rings. The van der Waals surface area contributed by atoms with Crippen LogP contribution in [0.3, 0.4) is 0 Å². The number of rotatable bonds is 7. The van der Waals surface area contributed by atoms with Crippen molar-refractivity contribution in [1.82, 2.24) is 5.32 Å². The molecular weight excluding hydrogens is 353 g/mol. The smallest absolute Gasteiger partial charge is 0.385 e. The minimum atomic E-state index is -4.51. The number of anilines is 1. The maximum atomic E-state index is 12.8. The third kappa shape index (κ3) is 6.31. The Kier molecular flexibility index (Phi) is 6.70. The standard InChI is InChI=1S/C18H18ClF3N2O/c19-16-7-6-14(12-15(16)18(20,21)22)23-11-9-17(25)24-10-8-13-4-2-1-3-5-13/h1-7,12,23H,8-11H2,(H,24,25). The molecule has 0 unspecified atom stereocenters. The van der Waals surface area contributed by atoms with Crippen LogP contribution in [0.15, 0.2) is 48.5 Å². The van der Waals surface area contributed by atoms with Gasteiger partial charge in [-0.25, -0.2) is 0 Å². The first-order valence-electron chi connectivity index (χ1n) is 7.77. The molecule has 134 valence electrons. The van der Waals surface area contributed by atoms with Gasteiger partial charge in [0, 0.05) is 25.2 Å². The van der Waals surface area contributed by atoms with E-state index in [0.29, 0.717) is 6.54 Å². The molecule has 0 bridgehead atoms. The lowest BCUT2D eigenvalue weighted by Gasteiger charge is -2.12. The van der Waals surface area contributed by atoms with E-state index in [1.165, 1.54) is 12.1 Å². The lowest BCUT2D eigenvalue weighted by atomic mass is 10.1. The largest absolute Gasteiger partial charge is 0.417 e. The molecule has 0 heterocycles. The van der Waals surface area contributed by atoms with Gasteiger partial charge in [0.2, 0.25) is 5.91 Å². The van der Waals surface area contributed by atoms with Crippen molar-refractivity contribution in [3.63, 3.8) is 0 Å². The summed E-state index contributed by atoms with van der Waals surface area (Å²) in [5.41, 5.74) is 0.502. The Labute approximate surface area is 149 Å². The SMILES string of the molecule is O=C(CCNc1ccc(Cl)c(C(F)(F)F)c1)NCCc1ccccc1. The summed E-state index contributed by atoms with van der Waals surface area (Å²) in [5.74, 6) is -0.159. The third-order valence-electron chi connectivity index (χ3n) is 3.53. The Morgan fingerprint density at radius 3 is 2.44 bits per heavy atom. The molecule has 0 aliphatic carbocycles. The van der Waals surface area contributed by atoms with Gasteiger partial charge in [0.15, 0.2) is 0 Å². The second-order valence-electron chi connectivity index (χ2n) is 5.45. The fourth-order valence-electron chi connectivity index (χ4n) is 2.25. The van der Waals surface area contributed by atoms with Gasteiger partial charge in [0.1, 0.15) is 0 Å². The van der Waals surface area contributed by atoms with Gasteiger partial charge in [-0.2, -0.15) is 13.2 Å². The fourth-order valence-corrected chi connectivity index (χ4v) is 2.48. The normalized spacial score (nSPS) is 11.2. The molecule has 2 aromatic carbocycles. The quantitative estimate of drug-likeness (QED) is 0.752. The third-order valence-corrected chi connectivity index (χ3v) is 3.86. The average molecular weight is 371 g/mol. The lowest BCUT2D eigenvalue weighted by molar-refractivity contribution is -0.137. The van der Waals surface area contributed by atoms with E-state index in [2.05, 4.69) is 10.6 Å². The van der Waals surface area contributed by atoms with Crippen molar-refractivity contribution in [2.45, 2.75) is 19.0 Å². The summed E-state index contributed by atoms with van der Waals surface area (Å²) in [4.78, 5) is 11.8. The van der Waals surface area contributed by atoms with E-state index in [1.807, 2.05) is 30.3 Å². The van der Waals surface area contributed by atoms with Crippen molar-refractivity contribution in [2.24, 2.45) is 0 Å². The van der Waals surface area contributed by atoms with Crippen LogP contribution < -0.4 is 10.6 Å². The maximum Gasteiger partial charge on any atom is 0.417 e. The summed E-state index contributed by atoms with van der Waals surface area (Å²) in [7, 11) is 0. The predicted octanol–water partition coefficient (Wildman–Crippen LogP) is 4.52. The summed E-state index contributed by atoms with van der Waals surface area (Å²) >= 11 is 5.56. The van der Waals surface area contributed by atoms with Crippen molar-refractivity contribution >= 4 is 23.2 Å². The highest BCUT2D eigenvalue weighted by molar-refractivity contribution is 6.31. The summed E-state index contributed by atoms with van der Waals surface area (Å²) in [5, 5.41) is 5.24. The van der Waals surface area contributed by atoms with Crippen molar-refractivity contribution in [1.29, 1.82) is 0 Å². The van der Waals surface area contributed by atoms with Gasteiger partial charge in [0.05, 0.1) is 10.6 Å². The molecular formula is C18H18ClF3N2O. The molecule has 2 rings (SSSR count). The number of amides is 1. The van der Waals surface area contributed by atoms with Gasteiger partial charge in [-0.05, 0) is 30.2 Å². The molecule has 0 saturated heterocycles. The van der Waals surface area contributed by atoms with E-state index in [1.54, 1.807) is 0 Å². The van der Waals surface area contributed by atoms with Crippen LogP contribution in [0.1, 0.15) is 17.5 Å². The Morgan fingerprint density at radius 1 is 1.04 bits per heavy atom. The van der Waals surface area contributed by atoms with Crippen LogP contribution in [0.2, 0.25) is 5.02 Å². The lowest BCUT2D eigenvalue weighted by Crippen LogP contribution is -2.27. The molecule has 0 aliphatic heterocycles. The van der Waals surface area contributed by atoms with Crippen molar-refractivity contribution < 1.29 is 18.0 Å². The van der Waals surface area contributed by atoms with Crippen molar-refractivity contribution in [3.8, 4) is 0 Å². The van der Waals surface area contributed by atoms with E-state index in [4.69, 9.17) is 11.6 Å². The van der Waals surface area contributed by atoms with Gasteiger partial charge >= 0.3 is 6.18 Å². The second kappa shape index (κ2) is 8.76. The number of hydrogen-bond donors (Lipinski definition) is 2. The molecule has 1 amide bonds. The van der Waals surface area contributed by atoms with Gasteiger partial charge in [0.25, 0.3) is 0 Å². The van der Waals surface area contributed by atoms with E-state index in [9.17, 15) is 18.0 Å². The molecule has 0 saturated carbocycles. The first-order chi connectivity index (χ1) is 11.9. The number of nitrogens with one attached hydrogen (secondary N) is 2. The molecule has 0 aromatic heterocycles. The van der Waals surface area contributed by atoms with Crippen molar-refractivity contribution in [2.75, 3.05) is 18.4 Å². The fraction of sp³-hybridized carbons (Fsp3) is 0.278. The Bertz CT molecular complexity index is 705. The highest BCUT2D eigenvalue weighted by atomic mass is 35.5. The molecule has 0 radical (unpaired) electrons. The molecule has 0 fully saturated rings. The van der Waals surface area contributed by atoms with Gasteiger partial charge in [-0.3, -0.25) is 4.79 Å². The van der Waals surface area contributed by atoms with E-state index < -0.39 is 11.7 Å². The molecule has 0 spiro atoms. The zero-order valence-electron chi connectivity index (χ0n) is 13.4. The Morgan fingerprint density at radius 2 is 1.76 bits per heavy atom. The minimum Gasteiger partial charge on any atom is -0.385 e. The van der Waals surface area contributed by atoms with Crippen molar-refractivity contribution in [3.05, 3.63) is 64.7 Å². The van der Waals surface area contributed by atoms with E-state index in [0.717, 1.165) is 18.1 Å². The van der Waals surface area contributed by atoms with E-state index in [-0.39, 0.29) is 29.6 Å². The second-order valence-corrected chi connectivity index (χ2v) is 5.86. The number of benzene rings is 2. The summed E-state index contributed by atoms with van der Waals surface area (Å²) in [6.07, 6.45) is -3.62. The average Bonchev–Trinajstić information content (AvgIpc) is 2.56. The zero-order valence-corrected chi connectivity index (χ0v) is 14.1. The molecule has 0 aliphatic rings. The van der Waals surface area contributed by atoms with Crippen LogP contribution in [0.25, 0.3) is 0 Å². The zero-order chi connectivity index (χ0) is 18.3. The van der Waals surface area contributed by atoms with Crippen LogP contribution in [-0.4, -0.2) is 19.0 Å². The van der Waals surface area contributed by atoms with Gasteiger partial charge in [-0.1, -0.05) is 41.9 Å². The molecule has 7 heteroatoms. The monoisotopic (exact) mass is 370 g/mol. The van der Waals surface area contributed by atoms with Crippen LogP contribution in [0.5, 0.6) is 0 Å². The number of carbonyl (C=O) groups is 1. The van der Waals surface area contributed by atoms with E-state index >= 15 is 0 Å². The van der Waals surface area contributed by atoms with Crippen LogP contribution >= 0.6 is 11.6 Å².